The molecule has 0 spiro atoms. The summed E-state index contributed by atoms with van der Waals surface area (Å²) in [6.45, 7) is 0.363. The minimum atomic E-state index is -0.529. The van der Waals surface area contributed by atoms with Crippen LogP contribution in [0, 0.1) is 0 Å². The number of hydrogen-bond acceptors (Lipinski definition) is 5. The summed E-state index contributed by atoms with van der Waals surface area (Å²) < 4.78 is 12.3. The molecule has 25 heavy (non-hydrogen) atoms. The Morgan fingerprint density at radius 3 is 2.72 bits per heavy atom. The molecule has 1 aliphatic carbocycles. The maximum atomic E-state index is 12.7. The van der Waals surface area contributed by atoms with Gasteiger partial charge in [0.1, 0.15) is 18.4 Å². The second kappa shape index (κ2) is 6.59. The number of esters is 1. The minimum absolute atomic E-state index is 0.161. The monoisotopic (exact) mass is 357 g/mol. The number of rotatable bonds is 5. The van der Waals surface area contributed by atoms with Crippen molar-refractivity contribution in [3.05, 3.63) is 57.9 Å². The second-order valence-electron chi connectivity index (χ2n) is 6.32. The normalized spacial score (nSPS) is 18.7. The van der Waals surface area contributed by atoms with Crippen molar-refractivity contribution >= 4 is 17.7 Å². The van der Waals surface area contributed by atoms with E-state index >= 15 is 0 Å². The van der Waals surface area contributed by atoms with Gasteiger partial charge in [0.25, 0.3) is 5.56 Å². The van der Waals surface area contributed by atoms with Crippen LogP contribution in [0.4, 0.5) is 0 Å². The van der Waals surface area contributed by atoms with Crippen LogP contribution in [-0.4, -0.2) is 23.4 Å². The van der Waals surface area contributed by atoms with Crippen LogP contribution in [0.3, 0.4) is 0 Å². The summed E-state index contributed by atoms with van der Waals surface area (Å²) in [5, 5.41) is 0.914. The van der Waals surface area contributed by atoms with Crippen LogP contribution in [0.5, 0.6) is 5.75 Å². The van der Waals surface area contributed by atoms with Gasteiger partial charge in [0.05, 0.1) is 12.1 Å². The molecule has 0 radical (unpaired) electrons. The quantitative estimate of drug-likeness (QED) is 0.770. The first-order chi connectivity index (χ1) is 12.2. The lowest BCUT2D eigenvalue weighted by atomic mass is 10.1. The Bertz CT molecular complexity index is 858. The van der Waals surface area contributed by atoms with Crippen molar-refractivity contribution in [3.63, 3.8) is 0 Å². The Balaban J connectivity index is 1.70. The van der Waals surface area contributed by atoms with Crippen molar-refractivity contribution in [2.24, 2.45) is 0 Å². The summed E-state index contributed by atoms with van der Waals surface area (Å²) in [5.41, 5.74) is 1.94. The summed E-state index contributed by atoms with van der Waals surface area (Å²) in [6.07, 6.45) is 2.24. The SMILES string of the molecule is COC(=O)[C@@H]1CSc2c(C3CC3)c(COc3ccccc3)cc(=O)n21. The van der Waals surface area contributed by atoms with Crippen molar-refractivity contribution in [1.29, 1.82) is 0 Å². The predicted molar refractivity (Wildman–Crippen MR) is 95.2 cm³/mol. The lowest BCUT2D eigenvalue weighted by Crippen LogP contribution is -2.30. The lowest BCUT2D eigenvalue weighted by molar-refractivity contribution is -0.143. The third kappa shape index (κ3) is 3.06. The molecular formula is C19H19NO4S. The average molecular weight is 357 g/mol. The smallest absolute Gasteiger partial charge is 0.329 e. The number of para-hydroxylation sites is 1. The highest BCUT2D eigenvalue weighted by molar-refractivity contribution is 7.99. The number of carbonyl (C=O) groups is 1. The molecule has 2 heterocycles. The highest BCUT2D eigenvalue weighted by Crippen LogP contribution is 2.48. The Kier molecular flexibility index (Phi) is 4.29. The van der Waals surface area contributed by atoms with Crippen LogP contribution in [0.15, 0.2) is 46.2 Å². The number of carbonyl (C=O) groups excluding carboxylic acids is 1. The number of ether oxygens (including phenoxy) is 2. The van der Waals surface area contributed by atoms with E-state index in [4.69, 9.17) is 9.47 Å². The maximum absolute atomic E-state index is 12.7. The van der Waals surface area contributed by atoms with Crippen LogP contribution >= 0.6 is 11.8 Å². The van der Waals surface area contributed by atoms with Crippen molar-refractivity contribution in [2.45, 2.75) is 36.4 Å². The van der Waals surface area contributed by atoms with Crippen LogP contribution in [0.2, 0.25) is 0 Å². The molecule has 2 aromatic rings. The molecular weight excluding hydrogens is 338 g/mol. The van der Waals surface area contributed by atoms with E-state index < -0.39 is 6.04 Å². The standard InChI is InChI=1S/C19H19NO4S/c1-23-19(22)15-11-25-18-17(12-7-8-12)13(9-16(21)20(15)18)10-24-14-5-3-2-4-6-14/h2-6,9,12,15H,7-8,10-11H2,1H3/t15-/m0/s1. The van der Waals surface area contributed by atoms with Gasteiger partial charge in [-0.2, -0.15) is 0 Å². The number of pyridine rings is 1. The van der Waals surface area contributed by atoms with E-state index in [-0.39, 0.29) is 11.5 Å². The molecule has 1 aromatic carbocycles. The molecule has 1 aromatic heterocycles. The Morgan fingerprint density at radius 2 is 2.04 bits per heavy atom. The third-order valence-electron chi connectivity index (χ3n) is 4.62. The zero-order valence-corrected chi connectivity index (χ0v) is 14.8. The lowest BCUT2D eigenvalue weighted by Gasteiger charge is -2.17. The van der Waals surface area contributed by atoms with Gasteiger partial charge in [-0.3, -0.25) is 9.36 Å². The zero-order valence-electron chi connectivity index (χ0n) is 13.9. The van der Waals surface area contributed by atoms with E-state index in [1.807, 2.05) is 30.3 Å². The maximum Gasteiger partial charge on any atom is 0.329 e. The van der Waals surface area contributed by atoms with Gasteiger partial charge in [-0.05, 0) is 36.5 Å². The van der Waals surface area contributed by atoms with Gasteiger partial charge in [0.2, 0.25) is 0 Å². The van der Waals surface area contributed by atoms with Gasteiger partial charge >= 0.3 is 5.97 Å². The minimum Gasteiger partial charge on any atom is -0.489 e. The van der Waals surface area contributed by atoms with Gasteiger partial charge in [-0.25, -0.2) is 4.79 Å². The molecule has 0 N–H and O–H groups in total. The van der Waals surface area contributed by atoms with Crippen LogP contribution in [-0.2, 0) is 16.1 Å². The number of hydrogen-bond donors (Lipinski definition) is 0. The Morgan fingerprint density at radius 1 is 1.28 bits per heavy atom. The molecule has 1 fully saturated rings. The number of benzene rings is 1. The number of nitrogens with zero attached hydrogens (tertiary/aromatic N) is 1. The van der Waals surface area contributed by atoms with E-state index in [9.17, 15) is 9.59 Å². The topological polar surface area (TPSA) is 57.5 Å². The molecule has 1 atom stereocenters. The van der Waals surface area contributed by atoms with E-state index in [2.05, 4.69) is 0 Å². The Hall–Kier alpha value is -2.21. The summed E-state index contributed by atoms with van der Waals surface area (Å²) in [4.78, 5) is 24.7. The fourth-order valence-electron chi connectivity index (χ4n) is 3.25. The molecule has 130 valence electrons. The average Bonchev–Trinajstić information content (AvgIpc) is 3.37. The van der Waals surface area contributed by atoms with Crippen molar-refractivity contribution < 1.29 is 14.3 Å². The summed E-state index contributed by atoms with van der Waals surface area (Å²) in [5.74, 6) is 1.43. The first-order valence-corrected chi connectivity index (χ1v) is 9.34. The third-order valence-corrected chi connectivity index (χ3v) is 5.79. The largest absolute Gasteiger partial charge is 0.489 e. The van der Waals surface area contributed by atoms with E-state index in [0.717, 1.165) is 29.2 Å². The number of fused-ring (bicyclic) bond motifs is 1. The van der Waals surface area contributed by atoms with E-state index in [1.165, 1.54) is 12.7 Å². The van der Waals surface area contributed by atoms with Crippen LogP contribution < -0.4 is 10.3 Å². The van der Waals surface area contributed by atoms with Crippen molar-refractivity contribution in [1.82, 2.24) is 4.57 Å². The number of thioether (sulfide) groups is 1. The Labute approximate surface area is 149 Å². The molecule has 5 nitrogen and oxygen atoms in total. The predicted octanol–water partition coefficient (Wildman–Crippen LogP) is 3.12. The highest BCUT2D eigenvalue weighted by atomic mass is 32.2. The molecule has 2 aliphatic rings. The molecule has 4 rings (SSSR count). The fourth-order valence-corrected chi connectivity index (χ4v) is 4.66. The van der Waals surface area contributed by atoms with Gasteiger partial charge < -0.3 is 9.47 Å². The van der Waals surface area contributed by atoms with Gasteiger partial charge in [0, 0.05) is 17.4 Å². The summed E-state index contributed by atoms with van der Waals surface area (Å²) >= 11 is 1.57. The van der Waals surface area contributed by atoms with E-state index in [1.54, 1.807) is 22.4 Å². The molecule has 0 amide bonds. The molecule has 0 unspecified atom stereocenters. The molecule has 6 heteroatoms. The van der Waals surface area contributed by atoms with E-state index in [0.29, 0.717) is 18.3 Å². The molecule has 0 bridgehead atoms. The zero-order chi connectivity index (χ0) is 17.4. The molecule has 1 saturated carbocycles. The van der Waals surface area contributed by atoms with Crippen LogP contribution in [0.1, 0.15) is 35.9 Å². The van der Waals surface area contributed by atoms with Gasteiger partial charge in [-0.15, -0.1) is 11.8 Å². The summed E-state index contributed by atoms with van der Waals surface area (Å²) in [7, 11) is 1.36. The van der Waals surface area contributed by atoms with Crippen LogP contribution in [0.25, 0.3) is 0 Å². The first kappa shape index (κ1) is 16.3. The van der Waals surface area contributed by atoms with Gasteiger partial charge in [-0.1, -0.05) is 18.2 Å². The second-order valence-corrected chi connectivity index (χ2v) is 7.33. The number of methoxy groups -OCH3 is 1. The summed E-state index contributed by atoms with van der Waals surface area (Å²) in [6, 6.07) is 10.7. The first-order valence-electron chi connectivity index (χ1n) is 8.36. The fraction of sp³-hybridized carbons (Fsp3) is 0.368. The molecule has 1 aliphatic heterocycles. The molecule has 0 saturated heterocycles. The number of aromatic nitrogens is 1. The van der Waals surface area contributed by atoms with Crippen molar-refractivity contribution in [2.75, 3.05) is 12.9 Å². The highest BCUT2D eigenvalue weighted by Gasteiger charge is 2.38. The van der Waals surface area contributed by atoms with Crippen molar-refractivity contribution in [3.8, 4) is 5.75 Å². The van der Waals surface area contributed by atoms with Gasteiger partial charge in [0.15, 0.2) is 0 Å².